The molecule has 3 aromatic rings. The smallest absolute Gasteiger partial charge is 0.206 e. The normalized spacial score (nSPS) is 14.0. The Balaban J connectivity index is 1.47. The van der Waals surface area contributed by atoms with Gasteiger partial charge in [0.1, 0.15) is 5.75 Å². The first kappa shape index (κ1) is 20.6. The predicted molar refractivity (Wildman–Crippen MR) is 127 cm³/mol. The molecular formula is C24H24ClN3OS. The molecule has 0 aliphatic carbocycles. The molecule has 4 nitrogen and oxygen atoms in total. The standard InChI is InChI=1S/C24H24ClN3OS/c1-2-3-7-17-12-14-18(15-13-17)16-26-24-27-23-21(10-6-11-22(23)30-28-24)29-20-9-5-4-8-19(20)25/h4-6,8-15H,2-3,7,16H2,1H3,(H2,26,27,28). The molecule has 1 heterocycles. The Labute approximate surface area is 186 Å². The maximum Gasteiger partial charge on any atom is 0.206 e. The van der Waals surface area contributed by atoms with Crippen LogP contribution >= 0.6 is 23.5 Å². The molecule has 154 valence electrons. The lowest BCUT2D eigenvalue weighted by Crippen LogP contribution is -2.29. The first-order chi connectivity index (χ1) is 14.7. The zero-order valence-electron chi connectivity index (χ0n) is 16.8. The van der Waals surface area contributed by atoms with Crippen LogP contribution in [0, 0.1) is 0 Å². The van der Waals surface area contributed by atoms with Gasteiger partial charge in [-0.3, -0.25) is 4.72 Å². The Morgan fingerprint density at radius 3 is 2.50 bits per heavy atom. The number of para-hydroxylation sites is 2. The predicted octanol–water partition coefficient (Wildman–Crippen LogP) is 7.05. The molecule has 0 bridgehead atoms. The maximum absolute atomic E-state index is 6.26. The van der Waals surface area contributed by atoms with Gasteiger partial charge in [0.2, 0.25) is 5.96 Å². The van der Waals surface area contributed by atoms with Crippen LogP contribution in [0.4, 0.5) is 5.69 Å². The van der Waals surface area contributed by atoms with E-state index in [0.29, 0.717) is 29.0 Å². The number of nitrogens with zero attached hydrogens (tertiary/aromatic N) is 1. The van der Waals surface area contributed by atoms with Crippen molar-refractivity contribution in [2.45, 2.75) is 37.6 Å². The number of anilines is 1. The minimum absolute atomic E-state index is 0.577. The molecule has 0 amide bonds. The van der Waals surface area contributed by atoms with Crippen LogP contribution in [-0.4, -0.2) is 5.96 Å². The van der Waals surface area contributed by atoms with Crippen LogP contribution in [0.2, 0.25) is 5.02 Å². The minimum atomic E-state index is 0.577. The molecule has 0 atom stereocenters. The second kappa shape index (κ2) is 9.92. The summed E-state index contributed by atoms with van der Waals surface area (Å²) in [5, 5.41) is 3.94. The lowest BCUT2D eigenvalue weighted by Gasteiger charge is -2.23. The Morgan fingerprint density at radius 2 is 1.70 bits per heavy atom. The lowest BCUT2D eigenvalue weighted by molar-refractivity contribution is 0.484. The molecule has 0 unspecified atom stereocenters. The van der Waals surface area contributed by atoms with Crippen LogP contribution in [0.3, 0.4) is 0 Å². The molecule has 0 fully saturated rings. The summed E-state index contributed by atoms with van der Waals surface area (Å²) in [6, 6.07) is 22.1. The minimum Gasteiger partial charge on any atom is -0.454 e. The SMILES string of the molecule is CCCCc1ccc(CN=C2NSc3cccc(Oc4ccccc4Cl)c3N2)cc1. The number of rotatable bonds is 7. The summed E-state index contributed by atoms with van der Waals surface area (Å²) in [7, 11) is 0. The van der Waals surface area contributed by atoms with E-state index in [1.807, 2.05) is 42.5 Å². The summed E-state index contributed by atoms with van der Waals surface area (Å²) in [6.45, 7) is 2.82. The quantitative estimate of drug-likeness (QED) is 0.388. The molecule has 0 spiro atoms. The highest BCUT2D eigenvalue weighted by atomic mass is 35.5. The van der Waals surface area contributed by atoms with Crippen molar-refractivity contribution in [1.29, 1.82) is 0 Å². The van der Waals surface area contributed by atoms with E-state index in [2.05, 4.69) is 41.2 Å². The highest BCUT2D eigenvalue weighted by molar-refractivity contribution is 7.98. The number of fused-ring (bicyclic) bond motifs is 1. The van der Waals surface area contributed by atoms with Gasteiger partial charge in [0.15, 0.2) is 5.75 Å². The van der Waals surface area contributed by atoms with Crippen molar-refractivity contribution in [3.05, 3.63) is 82.9 Å². The van der Waals surface area contributed by atoms with Crippen LogP contribution in [0.15, 0.2) is 76.6 Å². The van der Waals surface area contributed by atoms with Crippen LogP contribution in [0.25, 0.3) is 0 Å². The number of hydrogen-bond acceptors (Lipinski definition) is 3. The highest BCUT2D eigenvalue weighted by Crippen LogP contribution is 2.40. The molecule has 4 rings (SSSR count). The number of aliphatic imine (C=N–C) groups is 1. The van der Waals surface area contributed by atoms with E-state index in [1.165, 1.54) is 35.9 Å². The van der Waals surface area contributed by atoms with Crippen LogP contribution < -0.4 is 14.8 Å². The number of hydrogen-bond donors (Lipinski definition) is 2. The Bertz CT molecular complexity index is 1040. The third-order valence-electron chi connectivity index (χ3n) is 4.81. The van der Waals surface area contributed by atoms with Crippen molar-refractivity contribution < 1.29 is 4.74 Å². The average Bonchev–Trinajstić information content (AvgIpc) is 2.78. The number of unbranched alkanes of at least 4 members (excludes halogenated alkanes) is 1. The third kappa shape index (κ3) is 5.10. The molecule has 2 N–H and O–H groups in total. The van der Waals surface area contributed by atoms with Gasteiger partial charge in [0.05, 0.1) is 22.2 Å². The zero-order chi connectivity index (χ0) is 20.8. The molecule has 1 aliphatic rings. The first-order valence-electron chi connectivity index (χ1n) is 10.1. The molecule has 6 heteroatoms. The molecule has 0 saturated carbocycles. The summed E-state index contributed by atoms with van der Waals surface area (Å²) in [5.41, 5.74) is 3.45. The number of guanidine groups is 1. The Hall–Kier alpha value is -2.63. The van der Waals surface area contributed by atoms with Gasteiger partial charge in [-0.15, -0.1) is 0 Å². The van der Waals surface area contributed by atoms with Gasteiger partial charge in [-0.25, -0.2) is 4.99 Å². The van der Waals surface area contributed by atoms with E-state index < -0.39 is 0 Å². The van der Waals surface area contributed by atoms with Gasteiger partial charge in [0, 0.05) is 0 Å². The molecule has 1 aliphatic heterocycles. The zero-order valence-corrected chi connectivity index (χ0v) is 18.4. The number of ether oxygens (including phenoxy) is 1. The molecule has 0 radical (unpaired) electrons. The van der Waals surface area contributed by atoms with Crippen LogP contribution in [0.5, 0.6) is 11.5 Å². The van der Waals surface area contributed by atoms with Gasteiger partial charge in [0.25, 0.3) is 0 Å². The molecule has 30 heavy (non-hydrogen) atoms. The van der Waals surface area contributed by atoms with E-state index in [1.54, 1.807) is 0 Å². The third-order valence-corrected chi connectivity index (χ3v) is 5.98. The van der Waals surface area contributed by atoms with Gasteiger partial charge in [-0.05, 0) is 60.2 Å². The molecule has 0 aromatic heterocycles. The Kier molecular flexibility index (Phi) is 6.82. The fourth-order valence-electron chi connectivity index (χ4n) is 3.13. The maximum atomic E-state index is 6.26. The number of halogens is 1. The summed E-state index contributed by atoms with van der Waals surface area (Å²) in [4.78, 5) is 5.74. The van der Waals surface area contributed by atoms with E-state index in [9.17, 15) is 0 Å². The van der Waals surface area contributed by atoms with E-state index in [4.69, 9.17) is 21.3 Å². The molecule has 3 aromatic carbocycles. The van der Waals surface area contributed by atoms with Crippen molar-refractivity contribution in [3.8, 4) is 11.5 Å². The second-order valence-corrected chi connectivity index (χ2v) is 8.33. The fraction of sp³-hybridized carbons (Fsp3) is 0.208. The summed E-state index contributed by atoms with van der Waals surface area (Å²) >= 11 is 7.77. The molecule has 0 saturated heterocycles. The number of benzene rings is 3. The largest absolute Gasteiger partial charge is 0.454 e. The number of nitrogens with one attached hydrogen (secondary N) is 2. The average molecular weight is 438 g/mol. The first-order valence-corrected chi connectivity index (χ1v) is 11.3. The van der Waals surface area contributed by atoms with Gasteiger partial charge >= 0.3 is 0 Å². The number of aryl methyl sites for hydroxylation is 1. The lowest BCUT2D eigenvalue weighted by atomic mass is 10.1. The van der Waals surface area contributed by atoms with Gasteiger partial charge < -0.3 is 10.1 Å². The summed E-state index contributed by atoms with van der Waals surface area (Å²) in [5.74, 6) is 2.04. The van der Waals surface area contributed by atoms with E-state index in [0.717, 1.165) is 17.0 Å². The van der Waals surface area contributed by atoms with Crippen molar-refractivity contribution in [2.24, 2.45) is 4.99 Å². The topological polar surface area (TPSA) is 45.7 Å². The van der Waals surface area contributed by atoms with Gasteiger partial charge in [-0.1, -0.05) is 67.4 Å². The van der Waals surface area contributed by atoms with Gasteiger partial charge in [-0.2, -0.15) is 0 Å². The highest BCUT2D eigenvalue weighted by Gasteiger charge is 2.19. The monoisotopic (exact) mass is 437 g/mol. The van der Waals surface area contributed by atoms with Crippen molar-refractivity contribution >= 4 is 35.2 Å². The fourth-order valence-corrected chi connectivity index (χ4v) is 4.03. The second-order valence-electron chi connectivity index (χ2n) is 7.08. The summed E-state index contributed by atoms with van der Waals surface area (Å²) < 4.78 is 9.33. The molecular weight excluding hydrogens is 414 g/mol. The van der Waals surface area contributed by atoms with Crippen LogP contribution in [-0.2, 0) is 13.0 Å². The van der Waals surface area contributed by atoms with Crippen molar-refractivity contribution in [2.75, 3.05) is 5.32 Å². The van der Waals surface area contributed by atoms with Crippen molar-refractivity contribution in [1.82, 2.24) is 4.72 Å². The van der Waals surface area contributed by atoms with Crippen molar-refractivity contribution in [3.63, 3.8) is 0 Å². The van der Waals surface area contributed by atoms with Crippen LogP contribution in [0.1, 0.15) is 30.9 Å². The Morgan fingerprint density at radius 1 is 0.933 bits per heavy atom. The van der Waals surface area contributed by atoms with E-state index in [-0.39, 0.29) is 0 Å². The summed E-state index contributed by atoms with van der Waals surface area (Å²) in [6.07, 6.45) is 3.58. The van der Waals surface area contributed by atoms with E-state index >= 15 is 0 Å².